The molecule has 8 heteroatoms. The molecular weight excluding hydrogens is 392 g/mol. The Balaban J connectivity index is 2.11. The number of Topliss-reactive ketones (excluding diaryl/α,β-unsaturated/α-hetero) is 4. The molecule has 0 spiro atoms. The van der Waals surface area contributed by atoms with Crippen LogP contribution in [0.2, 0.25) is 0 Å². The van der Waals surface area contributed by atoms with Gasteiger partial charge in [-0.2, -0.15) is 0 Å². The molecule has 0 bridgehead atoms. The van der Waals surface area contributed by atoms with Crippen molar-refractivity contribution >= 4 is 28.9 Å². The average molecular weight is 414 g/mol. The van der Waals surface area contributed by atoms with Crippen LogP contribution < -0.4 is 0 Å². The van der Waals surface area contributed by atoms with Gasteiger partial charge in [-0.05, 0) is 38.0 Å². The zero-order valence-electron chi connectivity index (χ0n) is 17.3. The molecule has 0 aromatic heterocycles. The Bertz CT molecular complexity index is 1080. The molecule has 0 aromatic rings. The van der Waals surface area contributed by atoms with Crippen molar-refractivity contribution in [3.05, 3.63) is 34.1 Å². The largest absolute Gasteiger partial charge is 0.490 e. The van der Waals surface area contributed by atoms with Crippen molar-refractivity contribution in [2.45, 2.75) is 58.3 Å². The molecule has 30 heavy (non-hydrogen) atoms. The number of hydrogen-bond donors (Lipinski definition) is 2. The molecular formula is C22H22O8. The van der Waals surface area contributed by atoms with E-state index in [2.05, 4.69) is 0 Å². The van der Waals surface area contributed by atoms with E-state index in [0.717, 1.165) is 6.92 Å². The fourth-order valence-corrected chi connectivity index (χ4v) is 4.94. The highest BCUT2D eigenvalue weighted by Gasteiger charge is 2.70. The number of carbonyl (C=O) groups excluding carboxylic acids is 5. The minimum atomic E-state index is -2.84. The topological polar surface area (TPSA) is 135 Å². The van der Waals surface area contributed by atoms with Crippen LogP contribution in [0.3, 0.4) is 0 Å². The average Bonchev–Trinajstić information content (AvgIpc) is 2.80. The summed E-state index contributed by atoms with van der Waals surface area (Å²) in [6.07, 6.45) is -0.311. The first-order valence-electron chi connectivity index (χ1n) is 9.67. The first-order chi connectivity index (χ1) is 13.7. The van der Waals surface area contributed by atoms with Crippen molar-refractivity contribution in [1.82, 2.24) is 0 Å². The van der Waals surface area contributed by atoms with Gasteiger partial charge in [-0.1, -0.05) is 13.8 Å². The summed E-state index contributed by atoms with van der Waals surface area (Å²) in [7, 11) is 0. The molecule has 4 aliphatic rings. The van der Waals surface area contributed by atoms with Crippen LogP contribution in [0.4, 0.5) is 0 Å². The van der Waals surface area contributed by atoms with Crippen LogP contribution in [-0.2, 0) is 28.7 Å². The van der Waals surface area contributed by atoms with Crippen LogP contribution >= 0.6 is 0 Å². The molecule has 4 rings (SSSR count). The zero-order valence-corrected chi connectivity index (χ0v) is 17.3. The highest BCUT2D eigenvalue weighted by atomic mass is 16.5. The second-order valence-electron chi connectivity index (χ2n) is 9.11. The van der Waals surface area contributed by atoms with E-state index in [4.69, 9.17) is 4.74 Å². The van der Waals surface area contributed by atoms with E-state index in [-0.39, 0.29) is 16.9 Å². The summed E-state index contributed by atoms with van der Waals surface area (Å²) < 4.78 is 5.86. The fraction of sp³-hybridized carbons (Fsp3) is 0.500. The molecule has 1 unspecified atom stereocenters. The third kappa shape index (κ3) is 2.05. The third-order valence-corrected chi connectivity index (χ3v) is 7.00. The second kappa shape index (κ2) is 5.70. The lowest BCUT2D eigenvalue weighted by molar-refractivity contribution is -0.158. The van der Waals surface area contributed by atoms with E-state index in [1.807, 2.05) is 0 Å². The standard InChI is InChI=1S/C22H22O8/c1-8-6-11(24)13-14-12(8)19-22(29,20(4,5)10(3)30-19)18(27)15(14)17(26)21(28,16(13)25)7-9(2)23/h6,10,13,28-29H,7H2,1-5H3/t10-,13?,21-,22+/m0/s1. The maximum atomic E-state index is 13.6. The Hall–Kier alpha value is -2.71. The van der Waals surface area contributed by atoms with Crippen LogP contribution in [-0.4, -0.2) is 56.4 Å². The van der Waals surface area contributed by atoms with Gasteiger partial charge in [0.05, 0.1) is 5.57 Å². The number of aliphatic hydroxyl groups is 2. The fourth-order valence-electron chi connectivity index (χ4n) is 4.94. The minimum Gasteiger partial charge on any atom is -0.490 e. The second-order valence-corrected chi connectivity index (χ2v) is 9.11. The number of allylic oxidation sites excluding steroid dienone is 4. The lowest BCUT2D eigenvalue weighted by atomic mass is 9.56. The maximum Gasteiger partial charge on any atom is 0.206 e. The van der Waals surface area contributed by atoms with Crippen molar-refractivity contribution in [1.29, 1.82) is 0 Å². The maximum absolute atomic E-state index is 13.6. The monoisotopic (exact) mass is 414 g/mol. The predicted molar refractivity (Wildman–Crippen MR) is 101 cm³/mol. The van der Waals surface area contributed by atoms with E-state index < -0.39 is 69.5 Å². The van der Waals surface area contributed by atoms with Gasteiger partial charge in [-0.25, -0.2) is 0 Å². The van der Waals surface area contributed by atoms with E-state index >= 15 is 0 Å². The zero-order chi connectivity index (χ0) is 22.5. The van der Waals surface area contributed by atoms with Crippen LogP contribution in [0, 0.1) is 11.3 Å². The van der Waals surface area contributed by atoms with Gasteiger partial charge >= 0.3 is 0 Å². The van der Waals surface area contributed by atoms with Gasteiger partial charge in [0.15, 0.2) is 22.8 Å². The van der Waals surface area contributed by atoms with E-state index in [1.54, 1.807) is 27.7 Å². The molecule has 0 saturated carbocycles. The summed E-state index contributed by atoms with van der Waals surface area (Å²) in [6.45, 7) is 7.53. The summed E-state index contributed by atoms with van der Waals surface area (Å²) in [5, 5.41) is 22.5. The Morgan fingerprint density at radius 1 is 1.10 bits per heavy atom. The predicted octanol–water partition coefficient (Wildman–Crippen LogP) is 0.303. The van der Waals surface area contributed by atoms with Gasteiger partial charge in [-0.15, -0.1) is 0 Å². The molecule has 3 aliphatic carbocycles. The van der Waals surface area contributed by atoms with Gasteiger partial charge in [0.2, 0.25) is 11.6 Å². The summed E-state index contributed by atoms with van der Waals surface area (Å²) in [5.41, 5.74) is -6.45. The van der Waals surface area contributed by atoms with Crippen LogP contribution in [0.25, 0.3) is 0 Å². The third-order valence-electron chi connectivity index (χ3n) is 7.00. The number of ether oxygens (including phenoxy) is 1. The van der Waals surface area contributed by atoms with E-state index in [0.29, 0.717) is 5.57 Å². The summed E-state index contributed by atoms with van der Waals surface area (Å²) >= 11 is 0. The Labute approximate surface area is 172 Å². The first-order valence-corrected chi connectivity index (χ1v) is 9.67. The van der Waals surface area contributed by atoms with Crippen molar-refractivity contribution in [2.75, 3.05) is 0 Å². The van der Waals surface area contributed by atoms with Gasteiger partial charge in [0, 0.05) is 17.4 Å². The van der Waals surface area contributed by atoms with Crippen molar-refractivity contribution in [3.8, 4) is 0 Å². The quantitative estimate of drug-likeness (QED) is 0.487. The molecule has 0 aromatic carbocycles. The van der Waals surface area contributed by atoms with E-state index in [1.165, 1.54) is 6.08 Å². The van der Waals surface area contributed by atoms with Crippen LogP contribution in [0.1, 0.15) is 41.0 Å². The molecule has 8 nitrogen and oxygen atoms in total. The van der Waals surface area contributed by atoms with Crippen LogP contribution in [0.5, 0.6) is 0 Å². The number of hydrogen-bond acceptors (Lipinski definition) is 8. The summed E-state index contributed by atoms with van der Waals surface area (Å²) in [4.78, 5) is 64.4. The smallest absolute Gasteiger partial charge is 0.206 e. The Kier molecular flexibility index (Phi) is 3.91. The normalized spacial score (nSPS) is 37.1. The van der Waals surface area contributed by atoms with Gasteiger partial charge in [0.1, 0.15) is 23.6 Å². The Morgan fingerprint density at radius 3 is 2.27 bits per heavy atom. The highest BCUT2D eigenvalue weighted by molar-refractivity contribution is 6.39. The van der Waals surface area contributed by atoms with Crippen molar-refractivity contribution in [2.24, 2.45) is 11.3 Å². The van der Waals surface area contributed by atoms with Gasteiger partial charge < -0.3 is 14.9 Å². The van der Waals surface area contributed by atoms with Gasteiger partial charge in [-0.3, -0.25) is 24.0 Å². The number of carbonyl (C=O) groups is 5. The Morgan fingerprint density at radius 2 is 1.70 bits per heavy atom. The van der Waals surface area contributed by atoms with Crippen LogP contribution in [0.15, 0.2) is 34.1 Å². The number of ketones is 5. The first kappa shape index (κ1) is 20.6. The lowest BCUT2D eigenvalue weighted by Gasteiger charge is -2.44. The molecule has 0 radical (unpaired) electrons. The SMILES string of the molecule is CC(=O)C[C@@]1(O)C(=O)C2=C3C(=C4O[C@@H](C)C(C)(C)[C@@]4(O)C2=O)C(C)=CC(=O)C3C1=O. The number of fused-ring (bicyclic) bond motifs is 1. The lowest BCUT2D eigenvalue weighted by Crippen LogP contribution is -2.63. The molecule has 158 valence electrons. The molecule has 1 fully saturated rings. The molecule has 1 heterocycles. The molecule has 2 N–H and O–H groups in total. The van der Waals surface area contributed by atoms with Crippen molar-refractivity contribution in [3.63, 3.8) is 0 Å². The van der Waals surface area contributed by atoms with Crippen molar-refractivity contribution < 1.29 is 38.9 Å². The summed E-state index contributed by atoms with van der Waals surface area (Å²) in [5.74, 6) is -6.50. The van der Waals surface area contributed by atoms with E-state index in [9.17, 15) is 34.2 Å². The highest BCUT2D eigenvalue weighted by Crippen LogP contribution is 2.58. The van der Waals surface area contributed by atoms with Gasteiger partial charge in [0.25, 0.3) is 0 Å². The molecule has 0 amide bonds. The summed E-state index contributed by atoms with van der Waals surface area (Å²) in [6, 6.07) is 0. The number of rotatable bonds is 2. The minimum absolute atomic E-state index is 0.0902. The molecule has 1 saturated heterocycles. The molecule has 1 aliphatic heterocycles. The molecule has 4 atom stereocenters.